The quantitative estimate of drug-likeness (QED) is 0.712. The molecule has 0 fully saturated rings. The van der Waals surface area contributed by atoms with Crippen LogP contribution in [0.2, 0.25) is 0 Å². The molecule has 0 unspecified atom stereocenters. The van der Waals surface area contributed by atoms with E-state index in [1.165, 1.54) is 7.11 Å². The molecule has 0 saturated carbocycles. The molecule has 0 saturated heterocycles. The van der Waals surface area contributed by atoms with Crippen molar-refractivity contribution in [3.05, 3.63) is 54.4 Å². The number of nitrogen functional groups attached to an aromatic ring is 1. The Labute approximate surface area is 144 Å². The Morgan fingerprint density at radius 2 is 2.00 bits per heavy atom. The number of benzene rings is 1. The first-order chi connectivity index (χ1) is 12.1. The zero-order valence-electron chi connectivity index (χ0n) is 13.9. The molecular formula is C18H17N5O2. The third-order valence-electron chi connectivity index (χ3n) is 3.70. The highest BCUT2D eigenvalue weighted by Gasteiger charge is 2.09. The molecule has 0 radical (unpaired) electrons. The van der Waals surface area contributed by atoms with Crippen LogP contribution < -0.4 is 11.1 Å². The van der Waals surface area contributed by atoms with Crippen LogP contribution in [-0.2, 0) is 4.74 Å². The van der Waals surface area contributed by atoms with Gasteiger partial charge in [0.05, 0.1) is 19.0 Å². The molecule has 1 aromatic carbocycles. The van der Waals surface area contributed by atoms with Crippen molar-refractivity contribution >= 4 is 17.6 Å². The lowest BCUT2D eigenvalue weighted by Gasteiger charge is -2.09. The summed E-state index contributed by atoms with van der Waals surface area (Å²) in [6, 6.07) is 11.2. The van der Waals surface area contributed by atoms with Crippen LogP contribution in [0.3, 0.4) is 0 Å². The van der Waals surface area contributed by atoms with Crippen LogP contribution in [0, 0.1) is 6.92 Å². The van der Waals surface area contributed by atoms with E-state index in [9.17, 15) is 4.79 Å². The zero-order chi connectivity index (χ0) is 17.8. The van der Waals surface area contributed by atoms with E-state index in [2.05, 4.69) is 25.2 Å². The van der Waals surface area contributed by atoms with E-state index < -0.39 is 6.09 Å². The first-order valence-electron chi connectivity index (χ1n) is 7.57. The van der Waals surface area contributed by atoms with E-state index in [1.54, 1.807) is 18.5 Å². The Bertz CT molecular complexity index is 927. The molecule has 7 nitrogen and oxygen atoms in total. The van der Waals surface area contributed by atoms with E-state index in [-0.39, 0.29) is 0 Å². The number of hydrogen-bond acceptors (Lipinski definition) is 6. The monoisotopic (exact) mass is 335 g/mol. The minimum Gasteiger partial charge on any atom is -0.453 e. The van der Waals surface area contributed by atoms with E-state index in [1.807, 2.05) is 37.3 Å². The lowest BCUT2D eigenvalue weighted by atomic mass is 10.0. The summed E-state index contributed by atoms with van der Waals surface area (Å²) in [4.78, 5) is 15.4. The standard InChI is InChI=1S/C18H17N5O2/c1-11-3-4-14(19)9-15(11)16-7-13(10-21-23-16)12-5-6-20-17(8-12)22-18(24)25-2/h3-10H,19H2,1-2H3,(H,20,22,24). The van der Waals surface area contributed by atoms with Gasteiger partial charge in [0, 0.05) is 23.0 Å². The van der Waals surface area contributed by atoms with Crippen LogP contribution in [0.4, 0.5) is 16.3 Å². The number of nitrogens with zero attached hydrogens (tertiary/aromatic N) is 3. The van der Waals surface area contributed by atoms with Gasteiger partial charge in [-0.2, -0.15) is 10.2 Å². The SMILES string of the molecule is COC(=O)Nc1cc(-c2cnnc(-c3cc(N)ccc3C)c2)ccn1. The number of carbonyl (C=O) groups is 1. The highest BCUT2D eigenvalue weighted by molar-refractivity contribution is 5.84. The number of hydrogen-bond donors (Lipinski definition) is 2. The van der Waals surface area contributed by atoms with Crippen molar-refractivity contribution < 1.29 is 9.53 Å². The summed E-state index contributed by atoms with van der Waals surface area (Å²) in [6.45, 7) is 1.99. The number of aromatic nitrogens is 3. The van der Waals surface area contributed by atoms with Gasteiger partial charge in [-0.15, -0.1) is 0 Å². The van der Waals surface area contributed by atoms with Gasteiger partial charge in [-0.3, -0.25) is 5.32 Å². The second-order valence-electron chi connectivity index (χ2n) is 5.45. The lowest BCUT2D eigenvalue weighted by molar-refractivity contribution is 0.187. The molecule has 2 aromatic heterocycles. The van der Waals surface area contributed by atoms with Gasteiger partial charge in [0.1, 0.15) is 5.82 Å². The maximum atomic E-state index is 11.3. The summed E-state index contributed by atoms with van der Waals surface area (Å²) in [5, 5.41) is 10.8. The van der Waals surface area contributed by atoms with E-state index in [0.29, 0.717) is 11.5 Å². The van der Waals surface area contributed by atoms with Crippen molar-refractivity contribution in [1.82, 2.24) is 15.2 Å². The summed E-state index contributed by atoms with van der Waals surface area (Å²) in [5.74, 6) is 0.392. The fourth-order valence-electron chi connectivity index (χ4n) is 2.41. The van der Waals surface area contributed by atoms with Gasteiger partial charge in [0.15, 0.2) is 0 Å². The van der Waals surface area contributed by atoms with Crippen LogP contribution in [-0.4, -0.2) is 28.4 Å². The normalized spacial score (nSPS) is 10.3. The van der Waals surface area contributed by atoms with Gasteiger partial charge in [-0.25, -0.2) is 9.78 Å². The predicted octanol–water partition coefficient (Wildman–Crippen LogP) is 3.27. The van der Waals surface area contributed by atoms with Gasteiger partial charge in [-0.1, -0.05) is 6.07 Å². The van der Waals surface area contributed by atoms with Crippen molar-refractivity contribution in [2.24, 2.45) is 0 Å². The molecule has 0 aliphatic rings. The number of ether oxygens (including phenoxy) is 1. The maximum absolute atomic E-state index is 11.3. The van der Waals surface area contributed by atoms with E-state index in [4.69, 9.17) is 5.73 Å². The predicted molar refractivity (Wildman–Crippen MR) is 95.9 cm³/mol. The number of nitrogens with one attached hydrogen (secondary N) is 1. The number of aryl methyl sites for hydroxylation is 1. The van der Waals surface area contributed by atoms with Crippen LogP contribution in [0.1, 0.15) is 5.56 Å². The van der Waals surface area contributed by atoms with Crippen molar-refractivity contribution in [1.29, 1.82) is 0 Å². The van der Waals surface area contributed by atoms with Crippen LogP contribution in [0.15, 0.2) is 48.8 Å². The second kappa shape index (κ2) is 6.96. The third kappa shape index (κ3) is 3.72. The molecule has 25 heavy (non-hydrogen) atoms. The molecule has 1 amide bonds. The van der Waals surface area contributed by atoms with Gasteiger partial charge in [0.2, 0.25) is 0 Å². The summed E-state index contributed by atoms with van der Waals surface area (Å²) >= 11 is 0. The number of carbonyl (C=O) groups excluding carboxylic acids is 1. The Morgan fingerprint density at radius 3 is 2.80 bits per heavy atom. The van der Waals surface area contributed by atoms with Crippen molar-refractivity contribution in [2.45, 2.75) is 6.92 Å². The molecule has 2 heterocycles. The molecule has 0 spiro atoms. The number of methoxy groups -OCH3 is 1. The summed E-state index contributed by atoms with van der Waals surface area (Å²) in [6.07, 6.45) is 2.68. The number of pyridine rings is 1. The molecule has 0 atom stereocenters. The first-order valence-corrected chi connectivity index (χ1v) is 7.57. The van der Waals surface area contributed by atoms with Crippen molar-refractivity contribution in [3.8, 4) is 22.4 Å². The number of nitrogens with two attached hydrogens (primary N) is 1. The van der Waals surface area contributed by atoms with E-state index in [0.717, 1.165) is 27.9 Å². The Balaban J connectivity index is 1.98. The highest BCUT2D eigenvalue weighted by Crippen LogP contribution is 2.28. The molecule has 7 heteroatoms. The molecule has 3 rings (SSSR count). The third-order valence-corrected chi connectivity index (χ3v) is 3.70. The average Bonchev–Trinajstić information content (AvgIpc) is 2.64. The highest BCUT2D eigenvalue weighted by atomic mass is 16.5. The number of anilines is 2. The molecule has 3 aromatic rings. The van der Waals surface area contributed by atoms with Gasteiger partial charge >= 0.3 is 6.09 Å². The fraction of sp³-hybridized carbons (Fsp3) is 0.111. The smallest absolute Gasteiger partial charge is 0.412 e. The topological polar surface area (TPSA) is 103 Å². The van der Waals surface area contributed by atoms with Gasteiger partial charge in [0.25, 0.3) is 0 Å². The molecule has 0 aliphatic carbocycles. The molecule has 0 aliphatic heterocycles. The lowest BCUT2D eigenvalue weighted by Crippen LogP contribution is -2.11. The van der Waals surface area contributed by atoms with Crippen LogP contribution in [0.5, 0.6) is 0 Å². The fourth-order valence-corrected chi connectivity index (χ4v) is 2.41. The van der Waals surface area contributed by atoms with E-state index >= 15 is 0 Å². The zero-order valence-corrected chi connectivity index (χ0v) is 13.9. The average molecular weight is 335 g/mol. The molecule has 0 bridgehead atoms. The minimum absolute atomic E-state index is 0.392. The molecular weight excluding hydrogens is 318 g/mol. The summed E-state index contributed by atoms with van der Waals surface area (Å²) in [5.41, 5.74) is 11.0. The summed E-state index contributed by atoms with van der Waals surface area (Å²) in [7, 11) is 1.30. The largest absolute Gasteiger partial charge is 0.453 e. The van der Waals surface area contributed by atoms with Crippen LogP contribution in [0.25, 0.3) is 22.4 Å². The second-order valence-corrected chi connectivity index (χ2v) is 5.45. The number of amides is 1. The Hall–Kier alpha value is -3.48. The summed E-state index contributed by atoms with van der Waals surface area (Å²) < 4.78 is 4.58. The maximum Gasteiger partial charge on any atom is 0.412 e. The molecule has 3 N–H and O–H groups in total. The molecule has 126 valence electrons. The van der Waals surface area contributed by atoms with Crippen molar-refractivity contribution in [3.63, 3.8) is 0 Å². The first kappa shape index (κ1) is 16.4. The van der Waals surface area contributed by atoms with Gasteiger partial charge in [-0.05, 0) is 48.4 Å². The van der Waals surface area contributed by atoms with Crippen LogP contribution >= 0.6 is 0 Å². The van der Waals surface area contributed by atoms with Gasteiger partial charge < -0.3 is 10.5 Å². The van der Waals surface area contributed by atoms with Crippen molar-refractivity contribution in [2.75, 3.05) is 18.2 Å². The minimum atomic E-state index is -0.575. The Morgan fingerprint density at radius 1 is 1.16 bits per heavy atom. The number of rotatable bonds is 3. The Kier molecular flexibility index (Phi) is 4.56.